The Bertz CT molecular complexity index is 725. The number of carbonyl (C=O) groups excluding carboxylic acids is 1. The molecule has 0 unspecified atom stereocenters. The number of piperidine rings is 1. The van der Waals surface area contributed by atoms with Crippen LogP contribution in [0.3, 0.4) is 0 Å². The van der Waals surface area contributed by atoms with E-state index in [2.05, 4.69) is 6.92 Å². The number of amides is 1. The van der Waals surface area contributed by atoms with Crippen LogP contribution in [0.15, 0.2) is 28.0 Å². The summed E-state index contributed by atoms with van der Waals surface area (Å²) in [5.41, 5.74) is 0.733. The first kappa shape index (κ1) is 17.8. The van der Waals surface area contributed by atoms with Gasteiger partial charge in [-0.15, -0.1) is 11.8 Å². The molecule has 0 aliphatic carbocycles. The van der Waals surface area contributed by atoms with Crippen LogP contribution in [-0.2, 0) is 14.8 Å². The van der Waals surface area contributed by atoms with Crippen LogP contribution in [-0.4, -0.2) is 44.0 Å². The molecule has 3 rings (SSSR count). The molecular formula is C17H24N2O3S2. The molecule has 1 aromatic rings. The molecule has 0 N–H and O–H groups in total. The van der Waals surface area contributed by atoms with Gasteiger partial charge in [0.2, 0.25) is 15.9 Å². The normalized spacial score (nSPS) is 20.5. The van der Waals surface area contributed by atoms with E-state index in [-0.39, 0.29) is 5.91 Å². The van der Waals surface area contributed by atoms with Gasteiger partial charge in [0.25, 0.3) is 0 Å². The molecule has 1 amide bonds. The van der Waals surface area contributed by atoms with Crippen molar-refractivity contribution in [1.29, 1.82) is 0 Å². The predicted molar refractivity (Wildman–Crippen MR) is 97.0 cm³/mol. The molecule has 0 saturated carbocycles. The van der Waals surface area contributed by atoms with Crippen molar-refractivity contribution in [3.8, 4) is 0 Å². The zero-order valence-corrected chi connectivity index (χ0v) is 15.8. The molecule has 0 bridgehead atoms. The maximum absolute atomic E-state index is 13.0. The maximum atomic E-state index is 13.0. The molecule has 1 fully saturated rings. The van der Waals surface area contributed by atoms with Crippen molar-refractivity contribution in [1.82, 2.24) is 4.31 Å². The third-order valence-corrected chi connectivity index (χ3v) is 7.81. The fraction of sp³-hybridized carbons (Fsp3) is 0.588. The lowest BCUT2D eigenvalue weighted by Gasteiger charge is -2.30. The van der Waals surface area contributed by atoms with Gasteiger partial charge in [0.1, 0.15) is 0 Å². The number of rotatable bonds is 2. The van der Waals surface area contributed by atoms with E-state index in [0.29, 0.717) is 30.4 Å². The monoisotopic (exact) mass is 368 g/mol. The molecule has 0 spiro atoms. The third kappa shape index (κ3) is 3.48. The highest BCUT2D eigenvalue weighted by atomic mass is 32.2. The van der Waals surface area contributed by atoms with Crippen molar-refractivity contribution in [3.63, 3.8) is 0 Å². The Hall–Kier alpha value is -1.05. The Morgan fingerprint density at radius 3 is 2.58 bits per heavy atom. The molecule has 24 heavy (non-hydrogen) atoms. The summed E-state index contributed by atoms with van der Waals surface area (Å²) < 4.78 is 27.5. The van der Waals surface area contributed by atoms with Gasteiger partial charge in [0, 0.05) is 31.5 Å². The molecule has 0 radical (unpaired) electrons. The highest BCUT2D eigenvalue weighted by Gasteiger charge is 2.29. The van der Waals surface area contributed by atoms with E-state index >= 15 is 0 Å². The lowest BCUT2D eigenvalue weighted by molar-refractivity contribution is -0.116. The van der Waals surface area contributed by atoms with Crippen LogP contribution in [0.5, 0.6) is 0 Å². The number of hydrogen-bond acceptors (Lipinski definition) is 4. The summed E-state index contributed by atoms with van der Waals surface area (Å²) in [6.07, 6.45) is 2.71. The third-order valence-electron chi connectivity index (χ3n) is 4.77. The summed E-state index contributed by atoms with van der Waals surface area (Å²) >= 11 is 1.68. The molecule has 2 heterocycles. The number of carbonyl (C=O) groups is 1. The van der Waals surface area contributed by atoms with E-state index in [1.54, 1.807) is 33.1 Å². The number of nitrogens with zero attached hydrogens (tertiary/aromatic N) is 2. The minimum atomic E-state index is -3.49. The summed E-state index contributed by atoms with van der Waals surface area (Å²) in [4.78, 5) is 14.9. The van der Waals surface area contributed by atoms with Crippen LogP contribution in [0.4, 0.5) is 5.69 Å². The molecule has 5 nitrogen and oxygen atoms in total. The van der Waals surface area contributed by atoms with Crippen LogP contribution < -0.4 is 4.90 Å². The fourth-order valence-corrected chi connectivity index (χ4v) is 5.68. The average molecular weight is 369 g/mol. The van der Waals surface area contributed by atoms with Crippen LogP contribution in [0.1, 0.15) is 33.1 Å². The van der Waals surface area contributed by atoms with Gasteiger partial charge in [-0.2, -0.15) is 4.31 Å². The molecule has 0 atom stereocenters. The highest BCUT2D eigenvalue weighted by Crippen LogP contribution is 2.36. The predicted octanol–water partition coefficient (Wildman–Crippen LogP) is 2.96. The molecule has 0 aromatic heterocycles. The second kappa shape index (κ2) is 7.06. The lowest BCUT2D eigenvalue weighted by atomic mass is 10.0. The Morgan fingerprint density at radius 1 is 1.21 bits per heavy atom. The van der Waals surface area contributed by atoms with Gasteiger partial charge >= 0.3 is 0 Å². The number of hydrogen-bond donors (Lipinski definition) is 0. The van der Waals surface area contributed by atoms with Gasteiger partial charge < -0.3 is 4.90 Å². The average Bonchev–Trinajstić information content (AvgIpc) is 2.77. The Labute approximate surface area is 148 Å². The van der Waals surface area contributed by atoms with E-state index in [1.807, 2.05) is 6.07 Å². The van der Waals surface area contributed by atoms with Crippen LogP contribution in [0, 0.1) is 5.92 Å². The van der Waals surface area contributed by atoms with Gasteiger partial charge in [-0.05, 0) is 49.1 Å². The van der Waals surface area contributed by atoms with Crippen molar-refractivity contribution in [2.75, 3.05) is 30.3 Å². The quantitative estimate of drug-likeness (QED) is 0.805. The second-order valence-corrected chi connectivity index (χ2v) is 9.66. The summed E-state index contributed by atoms with van der Waals surface area (Å²) in [5.74, 6) is 1.47. The molecule has 2 aliphatic heterocycles. The van der Waals surface area contributed by atoms with E-state index < -0.39 is 10.0 Å². The molecule has 7 heteroatoms. The van der Waals surface area contributed by atoms with Crippen molar-refractivity contribution < 1.29 is 13.2 Å². The van der Waals surface area contributed by atoms with Crippen LogP contribution in [0.25, 0.3) is 0 Å². The van der Waals surface area contributed by atoms with E-state index in [4.69, 9.17) is 0 Å². The number of thioether (sulfide) groups is 1. The topological polar surface area (TPSA) is 57.7 Å². The number of sulfonamides is 1. The number of fused-ring (bicyclic) bond motifs is 1. The summed E-state index contributed by atoms with van der Waals surface area (Å²) in [6.45, 7) is 5.48. The molecule has 132 valence electrons. The van der Waals surface area contributed by atoms with Crippen LogP contribution in [0.2, 0.25) is 0 Å². The van der Waals surface area contributed by atoms with Gasteiger partial charge in [-0.1, -0.05) is 6.92 Å². The minimum Gasteiger partial charge on any atom is -0.311 e. The van der Waals surface area contributed by atoms with Crippen LogP contribution >= 0.6 is 11.8 Å². The van der Waals surface area contributed by atoms with Gasteiger partial charge in [-0.25, -0.2) is 8.42 Å². The molecular weight excluding hydrogens is 344 g/mol. The summed E-state index contributed by atoms with van der Waals surface area (Å²) in [5, 5.41) is 0. The Balaban J connectivity index is 1.96. The lowest BCUT2D eigenvalue weighted by Crippen LogP contribution is -2.38. The smallest absolute Gasteiger partial charge is 0.243 e. The van der Waals surface area contributed by atoms with Gasteiger partial charge in [0.05, 0.1) is 10.6 Å². The first-order valence-electron chi connectivity index (χ1n) is 8.44. The first-order valence-corrected chi connectivity index (χ1v) is 10.9. The van der Waals surface area contributed by atoms with Gasteiger partial charge in [-0.3, -0.25) is 4.79 Å². The van der Waals surface area contributed by atoms with Gasteiger partial charge in [0.15, 0.2) is 0 Å². The Morgan fingerprint density at radius 2 is 1.92 bits per heavy atom. The van der Waals surface area contributed by atoms with E-state index in [0.717, 1.165) is 35.6 Å². The first-order chi connectivity index (χ1) is 11.4. The second-order valence-electron chi connectivity index (χ2n) is 6.59. The molecule has 1 aromatic carbocycles. The number of benzene rings is 1. The molecule has 2 aliphatic rings. The summed E-state index contributed by atoms with van der Waals surface area (Å²) in [6, 6.07) is 5.21. The van der Waals surface area contributed by atoms with Crippen molar-refractivity contribution in [3.05, 3.63) is 18.2 Å². The van der Waals surface area contributed by atoms with Crippen molar-refractivity contribution >= 4 is 33.4 Å². The Kier molecular flexibility index (Phi) is 5.22. The van der Waals surface area contributed by atoms with E-state index in [1.165, 1.54) is 6.92 Å². The largest absolute Gasteiger partial charge is 0.311 e. The fourth-order valence-electron chi connectivity index (χ4n) is 3.22. The maximum Gasteiger partial charge on any atom is 0.243 e. The van der Waals surface area contributed by atoms with Crippen molar-refractivity contribution in [2.45, 2.75) is 42.9 Å². The standard InChI is InChI=1S/C17H24N2O3S2/c1-13-6-9-18(10-7-13)24(21,22)15-4-5-17-16(12-15)19(14(2)20)8-3-11-23-17/h4-5,12-13H,3,6-11H2,1-2H3. The SMILES string of the molecule is CC(=O)N1CCCSc2ccc(S(=O)(=O)N3CCC(C)CC3)cc21. The number of anilines is 1. The minimum absolute atomic E-state index is 0.0416. The van der Waals surface area contributed by atoms with E-state index in [9.17, 15) is 13.2 Å². The highest BCUT2D eigenvalue weighted by molar-refractivity contribution is 7.99. The van der Waals surface area contributed by atoms with Crippen molar-refractivity contribution in [2.24, 2.45) is 5.92 Å². The molecule has 1 saturated heterocycles. The zero-order chi connectivity index (χ0) is 17.3. The summed E-state index contributed by atoms with van der Waals surface area (Å²) in [7, 11) is -3.49. The zero-order valence-electron chi connectivity index (χ0n) is 14.2.